The Balaban J connectivity index is 0.604. The van der Waals surface area contributed by atoms with Gasteiger partial charge in [0.1, 0.15) is 11.8 Å². The third-order valence-electron chi connectivity index (χ3n) is 15.9. The average Bonchev–Trinajstić information content (AvgIpc) is 3.86. The molecule has 428 valence electrons. The van der Waals surface area contributed by atoms with Crippen LogP contribution in [0.4, 0.5) is 17.1 Å². The van der Waals surface area contributed by atoms with Crippen molar-refractivity contribution in [2.45, 2.75) is 96.4 Å². The number of nitrogens with one attached hydrogen (secondary N) is 2. The van der Waals surface area contributed by atoms with E-state index in [9.17, 15) is 28.8 Å². The predicted molar refractivity (Wildman–Crippen MR) is 305 cm³/mol. The molecule has 18 nitrogen and oxygen atoms in total. The Morgan fingerprint density at radius 2 is 1.43 bits per heavy atom. The molecule has 4 aromatic rings. The number of benzene rings is 4. The monoisotopic (exact) mass is 1120 g/mol. The third-order valence-corrected chi connectivity index (χ3v) is 16.1. The van der Waals surface area contributed by atoms with Crippen molar-refractivity contribution in [1.82, 2.24) is 20.0 Å². The summed E-state index contributed by atoms with van der Waals surface area (Å²) in [6.45, 7) is 13.7. The van der Waals surface area contributed by atoms with Crippen molar-refractivity contribution in [3.63, 3.8) is 0 Å². The number of anilines is 3. The van der Waals surface area contributed by atoms with Crippen LogP contribution >= 0.6 is 11.6 Å². The van der Waals surface area contributed by atoms with E-state index in [-0.39, 0.29) is 47.9 Å². The minimum Gasteiger partial charge on any atom is -0.491 e. The molecule has 0 bridgehead atoms. The van der Waals surface area contributed by atoms with Gasteiger partial charge in [0.05, 0.1) is 89.0 Å². The fourth-order valence-corrected chi connectivity index (χ4v) is 11.9. The van der Waals surface area contributed by atoms with Gasteiger partial charge in [-0.3, -0.25) is 43.9 Å². The predicted octanol–water partition coefficient (Wildman–Crippen LogP) is 7.22. The molecule has 0 spiro atoms. The first-order valence-electron chi connectivity index (χ1n) is 28.3. The molecule has 0 aromatic heterocycles. The fourth-order valence-electron chi connectivity index (χ4n) is 11.7. The molecule has 4 heterocycles. The molecule has 4 aromatic carbocycles. The molecule has 2 atom stereocenters. The van der Waals surface area contributed by atoms with E-state index in [1.807, 2.05) is 54.8 Å². The molecule has 1 saturated carbocycles. The Labute approximate surface area is 474 Å². The van der Waals surface area contributed by atoms with Crippen LogP contribution in [0, 0.1) is 12.8 Å². The molecule has 2 saturated heterocycles. The molecular formula is C61H76ClN7O11. The quantitative estimate of drug-likeness (QED) is 0.0500. The lowest BCUT2D eigenvalue weighted by atomic mass is 9.84. The number of amides is 6. The van der Waals surface area contributed by atoms with Crippen LogP contribution in [-0.4, -0.2) is 168 Å². The number of nitrogens with zero attached hydrogens (tertiary/aromatic N) is 5. The maximum atomic E-state index is 14.0. The molecule has 1 unspecified atom stereocenters. The van der Waals surface area contributed by atoms with Crippen LogP contribution in [0.25, 0.3) is 0 Å². The lowest BCUT2D eigenvalue weighted by Crippen LogP contribution is -2.54. The van der Waals surface area contributed by atoms with Crippen LogP contribution in [0.15, 0.2) is 78.9 Å². The number of piperidine rings is 1. The van der Waals surface area contributed by atoms with Crippen LogP contribution in [0.1, 0.15) is 108 Å². The number of carbonyl (C=O) groups excluding carboxylic acids is 6. The van der Waals surface area contributed by atoms with Crippen molar-refractivity contribution >= 4 is 64.1 Å². The Hall–Kier alpha value is -6.41. The normalized spacial score (nSPS) is 20.5. The van der Waals surface area contributed by atoms with Crippen molar-refractivity contribution in [2.75, 3.05) is 114 Å². The van der Waals surface area contributed by atoms with Crippen LogP contribution in [0.2, 0.25) is 5.02 Å². The standard InChI is InChI=1S/C61H76ClN7O11/c1-40(2)80-53-38-50-44(36-41(53)3)37-56(72)68(58(50)43-10-12-45(62)13-11-43)48-18-16-46(17-19-48)65(4)39-42-8-14-47(15-9-42)66-24-26-67(27-25-66)55(71)22-28-76-30-32-78-34-35-79-33-31-77-29-23-63-51-7-5-6-49-57(51)61(75)69(60(49)74)52-20-21-54(70)64-59(52)73/h5-7,10-13,16-19,36,38,40,42,47,52,58,63H,8-9,14-15,20-35,37,39H2,1-4H3,(H,64,70,73)/t42?,47?,52?,58-/m0/s1. The first-order chi connectivity index (χ1) is 38.7. The summed E-state index contributed by atoms with van der Waals surface area (Å²) in [5.74, 6) is -0.585. The molecule has 19 heteroatoms. The Morgan fingerprint density at radius 3 is 2.09 bits per heavy atom. The van der Waals surface area contributed by atoms with E-state index in [2.05, 4.69) is 63.9 Å². The highest BCUT2D eigenvalue weighted by Crippen LogP contribution is 2.43. The zero-order valence-corrected chi connectivity index (χ0v) is 47.3. The van der Waals surface area contributed by atoms with Gasteiger partial charge in [0.25, 0.3) is 11.8 Å². The van der Waals surface area contributed by atoms with Crippen molar-refractivity contribution in [3.05, 3.63) is 117 Å². The second-order valence-corrected chi connectivity index (χ2v) is 22.1. The number of hydrogen-bond acceptors (Lipinski definition) is 14. The molecule has 9 rings (SSSR count). The minimum atomic E-state index is -1.02. The zero-order chi connectivity index (χ0) is 56.3. The van der Waals surface area contributed by atoms with Gasteiger partial charge >= 0.3 is 0 Å². The van der Waals surface area contributed by atoms with Crippen LogP contribution in [0.3, 0.4) is 0 Å². The highest BCUT2D eigenvalue weighted by molar-refractivity contribution is 6.30. The lowest BCUT2D eigenvalue weighted by molar-refractivity contribution is -0.136. The topological polar surface area (TPSA) is 189 Å². The molecule has 80 heavy (non-hydrogen) atoms. The first kappa shape index (κ1) is 58.3. The minimum absolute atomic E-state index is 0.0242. The Morgan fingerprint density at radius 1 is 0.762 bits per heavy atom. The van der Waals surface area contributed by atoms with Gasteiger partial charge in [0.15, 0.2) is 0 Å². The molecule has 5 aliphatic rings. The van der Waals surface area contributed by atoms with Crippen LogP contribution in [0.5, 0.6) is 5.75 Å². The van der Waals surface area contributed by atoms with E-state index in [1.165, 1.54) is 0 Å². The first-order valence-corrected chi connectivity index (χ1v) is 28.7. The summed E-state index contributed by atoms with van der Waals surface area (Å²) in [6.07, 6.45) is 5.47. The molecule has 6 amide bonds. The van der Waals surface area contributed by atoms with E-state index >= 15 is 0 Å². The van der Waals surface area contributed by atoms with Gasteiger partial charge in [-0.25, -0.2) is 0 Å². The van der Waals surface area contributed by atoms with E-state index in [4.69, 9.17) is 35.3 Å². The van der Waals surface area contributed by atoms with Crippen LogP contribution < -0.4 is 25.2 Å². The SMILES string of the molecule is Cc1cc2c(cc1OC(C)C)[C@H](c1ccc(Cl)cc1)N(c1ccc(N(C)CC3CCC(N4CCN(C(=O)CCOCCOCCOCCOCCNc5cccc6c5C(=O)N(C5CCC(=O)NC5=O)C6=O)CC4)CC3)cc1)C(=O)C2. The van der Waals surface area contributed by atoms with Gasteiger partial charge in [0.2, 0.25) is 23.6 Å². The fraction of sp³-hybridized carbons (Fsp3) is 0.508. The summed E-state index contributed by atoms with van der Waals surface area (Å²) < 4.78 is 28.8. The van der Waals surface area contributed by atoms with E-state index < -0.39 is 29.7 Å². The largest absolute Gasteiger partial charge is 0.491 e. The third kappa shape index (κ3) is 14.2. The van der Waals surface area contributed by atoms with Crippen LogP contribution in [-0.2, 0) is 44.5 Å². The van der Waals surface area contributed by atoms with Crippen molar-refractivity contribution in [2.24, 2.45) is 5.92 Å². The number of hydrogen-bond donors (Lipinski definition) is 2. The van der Waals surface area contributed by atoms with E-state index in [0.29, 0.717) is 94.9 Å². The van der Waals surface area contributed by atoms with E-state index in [1.54, 1.807) is 18.2 Å². The molecule has 3 fully saturated rings. The summed E-state index contributed by atoms with van der Waals surface area (Å²) in [4.78, 5) is 87.2. The second kappa shape index (κ2) is 27.4. The van der Waals surface area contributed by atoms with Gasteiger partial charge < -0.3 is 43.7 Å². The second-order valence-electron chi connectivity index (χ2n) is 21.7. The number of imide groups is 2. The maximum Gasteiger partial charge on any atom is 0.264 e. The van der Waals surface area contributed by atoms with Crippen molar-refractivity contribution < 1.29 is 52.5 Å². The van der Waals surface area contributed by atoms with Gasteiger partial charge in [-0.2, -0.15) is 0 Å². The number of rotatable bonds is 25. The summed E-state index contributed by atoms with van der Waals surface area (Å²) in [7, 11) is 2.16. The average molecular weight is 1120 g/mol. The molecule has 0 radical (unpaired) electrons. The molecule has 1 aliphatic carbocycles. The van der Waals surface area contributed by atoms with Gasteiger partial charge in [-0.1, -0.05) is 35.9 Å². The highest BCUT2D eigenvalue weighted by atomic mass is 35.5. The summed E-state index contributed by atoms with van der Waals surface area (Å²) in [5.41, 5.74) is 6.97. The number of halogens is 1. The Bertz CT molecular complexity index is 2830. The number of carbonyl (C=O) groups is 6. The number of ether oxygens (including phenoxy) is 5. The molecule has 4 aliphatic heterocycles. The smallest absolute Gasteiger partial charge is 0.264 e. The van der Waals surface area contributed by atoms with E-state index in [0.717, 1.165) is 103 Å². The summed E-state index contributed by atoms with van der Waals surface area (Å²) >= 11 is 6.34. The molecular weight excluding hydrogens is 1040 g/mol. The van der Waals surface area contributed by atoms with Crippen molar-refractivity contribution in [3.8, 4) is 5.75 Å². The molecule has 2 N–H and O–H groups in total. The number of aryl methyl sites for hydroxylation is 1. The van der Waals surface area contributed by atoms with Gasteiger partial charge in [-0.05, 0) is 136 Å². The van der Waals surface area contributed by atoms with Gasteiger partial charge in [0, 0.05) is 80.9 Å². The zero-order valence-electron chi connectivity index (χ0n) is 46.6. The number of piperazine rings is 1. The summed E-state index contributed by atoms with van der Waals surface area (Å²) in [5, 5.41) is 6.01. The Kier molecular flexibility index (Phi) is 19.9. The van der Waals surface area contributed by atoms with Gasteiger partial charge in [-0.15, -0.1) is 0 Å². The lowest BCUT2D eigenvalue weighted by Gasteiger charge is -2.42. The van der Waals surface area contributed by atoms with Crippen molar-refractivity contribution in [1.29, 1.82) is 0 Å². The highest BCUT2D eigenvalue weighted by Gasteiger charge is 2.46. The summed E-state index contributed by atoms with van der Waals surface area (Å²) in [6, 6.07) is 24.6. The number of fused-ring (bicyclic) bond motifs is 2. The maximum absolute atomic E-state index is 14.0.